The van der Waals surface area contributed by atoms with Gasteiger partial charge in [-0.05, 0) is 11.6 Å². The number of para-hydroxylation sites is 1. The maximum absolute atomic E-state index is 12.6. The molecule has 140 valence electrons. The first-order valence-electron chi connectivity index (χ1n) is 8.60. The first kappa shape index (κ1) is 18.6. The number of aromatic amines is 1. The highest BCUT2D eigenvalue weighted by Crippen LogP contribution is 2.16. The number of fused-ring (bicyclic) bond motifs is 1. The van der Waals surface area contributed by atoms with E-state index in [1.165, 1.54) is 0 Å². The molecule has 1 aromatic heterocycles. The number of nitrogens with zero attached hydrogens (tertiary/aromatic N) is 2. The van der Waals surface area contributed by atoms with Crippen molar-refractivity contribution in [3.63, 3.8) is 0 Å². The molecule has 0 aliphatic carbocycles. The molecule has 3 aromatic rings. The van der Waals surface area contributed by atoms with Gasteiger partial charge in [0.15, 0.2) is 12.3 Å². The van der Waals surface area contributed by atoms with Crippen molar-refractivity contribution in [2.75, 3.05) is 26.9 Å². The number of H-pyrrole nitrogens is 1. The number of nitrogens with one attached hydrogen (secondary N) is 1. The quantitative estimate of drug-likeness (QED) is 0.618. The van der Waals surface area contributed by atoms with Gasteiger partial charge in [0, 0.05) is 25.6 Å². The molecule has 0 aliphatic rings. The Balaban J connectivity index is 1.63. The largest absolute Gasteiger partial charge is 0.451 e. The third-order valence-corrected chi connectivity index (χ3v) is 4.12. The zero-order valence-electron chi connectivity index (χ0n) is 15.1. The molecular formula is C20H21N3O4. The monoisotopic (exact) mass is 367 g/mol. The van der Waals surface area contributed by atoms with Gasteiger partial charge in [-0.15, -0.1) is 0 Å². The number of esters is 1. The molecule has 1 N–H and O–H groups in total. The maximum Gasteiger partial charge on any atom is 0.359 e. The van der Waals surface area contributed by atoms with Crippen LogP contribution in [0, 0.1) is 0 Å². The van der Waals surface area contributed by atoms with E-state index < -0.39 is 5.97 Å². The summed E-state index contributed by atoms with van der Waals surface area (Å²) < 4.78 is 10.3. The SMILES string of the molecule is COCCN(Cc1ccccc1)C(=O)COC(=O)c1n[nH]c2ccccc12. The lowest BCUT2D eigenvalue weighted by Crippen LogP contribution is -2.36. The van der Waals surface area contributed by atoms with Crippen LogP contribution in [-0.2, 0) is 20.8 Å². The number of carbonyl (C=O) groups excluding carboxylic acids is 2. The second-order valence-electron chi connectivity index (χ2n) is 5.99. The van der Waals surface area contributed by atoms with Gasteiger partial charge in [-0.1, -0.05) is 48.5 Å². The molecule has 27 heavy (non-hydrogen) atoms. The smallest absolute Gasteiger partial charge is 0.359 e. The van der Waals surface area contributed by atoms with Gasteiger partial charge in [0.05, 0.1) is 12.1 Å². The van der Waals surface area contributed by atoms with E-state index in [-0.39, 0.29) is 18.2 Å². The van der Waals surface area contributed by atoms with Crippen LogP contribution in [0.25, 0.3) is 10.9 Å². The van der Waals surface area contributed by atoms with Gasteiger partial charge in [0.2, 0.25) is 0 Å². The van der Waals surface area contributed by atoms with Crippen LogP contribution >= 0.6 is 0 Å². The Morgan fingerprint density at radius 1 is 1.07 bits per heavy atom. The Bertz CT molecular complexity index is 908. The van der Waals surface area contributed by atoms with E-state index in [2.05, 4.69) is 10.2 Å². The molecule has 0 aliphatic heterocycles. The predicted molar refractivity (Wildman–Crippen MR) is 100 cm³/mol. The highest BCUT2D eigenvalue weighted by molar-refractivity contribution is 6.02. The highest BCUT2D eigenvalue weighted by Gasteiger charge is 2.19. The molecule has 0 bridgehead atoms. The molecule has 0 fully saturated rings. The van der Waals surface area contributed by atoms with Gasteiger partial charge in [-0.3, -0.25) is 9.89 Å². The summed E-state index contributed by atoms with van der Waals surface area (Å²) in [6.45, 7) is 0.881. The fourth-order valence-electron chi connectivity index (χ4n) is 2.70. The average Bonchev–Trinajstić information content (AvgIpc) is 3.14. The lowest BCUT2D eigenvalue weighted by atomic mass is 10.2. The third kappa shape index (κ3) is 4.71. The van der Waals surface area contributed by atoms with Gasteiger partial charge in [-0.25, -0.2) is 4.79 Å². The van der Waals surface area contributed by atoms with Gasteiger partial charge >= 0.3 is 5.97 Å². The number of rotatable bonds is 8. The van der Waals surface area contributed by atoms with Crippen LogP contribution in [0.1, 0.15) is 16.1 Å². The zero-order chi connectivity index (χ0) is 19.1. The fraction of sp³-hybridized carbons (Fsp3) is 0.250. The van der Waals surface area contributed by atoms with Crippen molar-refractivity contribution in [1.82, 2.24) is 15.1 Å². The summed E-state index contributed by atoms with van der Waals surface area (Å²) in [7, 11) is 1.58. The molecule has 0 atom stereocenters. The van der Waals surface area contributed by atoms with Crippen molar-refractivity contribution < 1.29 is 19.1 Å². The van der Waals surface area contributed by atoms with Crippen molar-refractivity contribution >= 4 is 22.8 Å². The molecule has 3 rings (SSSR count). The summed E-state index contributed by atoms with van der Waals surface area (Å²) in [5.74, 6) is -0.920. The minimum Gasteiger partial charge on any atom is -0.451 e. The molecule has 1 heterocycles. The second kappa shape index (κ2) is 8.95. The molecule has 7 heteroatoms. The Morgan fingerprint density at radius 2 is 1.81 bits per heavy atom. The third-order valence-electron chi connectivity index (χ3n) is 4.12. The van der Waals surface area contributed by atoms with E-state index in [1.54, 1.807) is 18.1 Å². The van der Waals surface area contributed by atoms with Gasteiger partial charge in [-0.2, -0.15) is 5.10 Å². The van der Waals surface area contributed by atoms with E-state index in [9.17, 15) is 9.59 Å². The molecule has 7 nitrogen and oxygen atoms in total. The number of hydrogen-bond donors (Lipinski definition) is 1. The van der Waals surface area contributed by atoms with E-state index >= 15 is 0 Å². The number of amides is 1. The van der Waals surface area contributed by atoms with Crippen LogP contribution in [0.15, 0.2) is 54.6 Å². The maximum atomic E-state index is 12.6. The Hall–Kier alpha value is -3.19. The molecule has 0 unspecified atom stereocenters. The van der Waals surface area contributed by atoms with Crippen molar-refractivity contribution in [2.45, 2.75) is 6.54 Å². The molecule has 0 radical (unpaired) electrons. The first-order chi connectivity index (χ1) is 13.2. The summed E-state index contributed by atoms with van der Waals surface area (Å²) >= 11 is 0. The van der Waals surface area contributed by atoms with Crippen LogP contribution in [0.5, 0.6) is 0 Å². The minimum atomic E-state index is -0.632. The summed E-state index contributed by atoms with van der Waals surface area (Å²) in [5.41, 5.74) is 1.90. The van der Waals surface area contributed by atoms with Crippen molar-refractivity contribution in [1.29, 1.82) is 0 Å². The standard InChI is InChI=1S/C20H21N3O4/c1-26-12-11-23(13-15-7-3-2-4-8-15)18(24)14-27-20(25)19-16-9-5-6-10-17(16)21-22-19/h2-10H,11-14H2,1H3,(H,21,22). The summed E-state index contributed by atoms with van der Waals surface area (Å²) in [6, 6.07) is 16.9. The first-order valence-corrected chi connectivity index (χ1v) is 8.60. The van der Waals surface area contributed by atoms with E-state index in [1.807, 2.05) is 48.5 Å². The summed E-state index contributed by atoms with van der Waals surface area (Å²) in [6.07, 6.45) is 0. The Kier molecular flexibility index (Phi) is 6.17. The van der Waals surface area contributed by atoms with Gasteiger partial charge < -0.3 is 14.4 Å². The van der Waals surface area contributed by atoms with Crippen LogP contribution < -0.4 is 0 Å². The van der Waals surface area contributed by atoms with Crippen molar-refractivity contribution in [3.8, 4) is 0 Å². The lowest BCUT2D eigenvalue weighted by Gasteiger charge is -2.22. The zero-order valence-corrected chi connectivity index (χ0v) is 15.1. The van der Waals surface area contributed by atoms with Crippen molar-refractivity contribution in [3.05, 3.63) is 65.9 Å². The normalized spacial score (nSPS) is 10.7. The molecule has 1 amide bonds. The van der Waals surface area contributed by atoms with Crippen LogP contribution in [-0.4, -0.2) is 53.8 Å². The number of methoxy groups -OCH3 is 1. The fourth-order valence-corrected chi connectivity index (χ4v) is 2.70. The molecule has 0 saturated carbocycles. The molecular weight excluding hydrogens is 346 g/mol. The van der Waals surface area contributed by atoms with E-state index in [0.29, 0.717) is 25.1 Å². The van der Waals surface area contributed by atoms with Gasteiger partial charge in [0.25, 0.3) is 5.91 Å². The van der Waals surface area contributed by atoms with E-state index in [4.69, 9.17) is 9.47 Å². The number of hydrogen-bond acceptors (Lipinski definition) is 5. The summed E-state index contributed by atoms with van der Waals surface area (Å²) in [4.78, 5) is 26.5. The minimum absolute atomic E-state index is 0.171. The number of benzene rings is 2. The summed E-state index contributed by atoms with van der Waals surface area (Å²) in [5, 5.41) is 7.43. The lowest BCUT2D eigenvalue weighted by molar-refractivity contribution is -0.135. The Morgan fingerprint density at radius 3 is 2.59 bits per heavy atom. The topological polar surface area (TPSA) is 84.5 Å². The number of aromatic nitrogens is 2. The average molecular weight is 367 g/mol. The highest BCUT2D eigenvalue weighted by atomic mass is 16.5. The van der Waals surface area contributed by atoms with Gasteiger partial charge in [0.1, 0.15) is 0 Å². The molecule has 0 saturated heterocycles. The molecule has 0 spiro atoms. The van der Waals surface area contributed by atoms with Crippen LogP contribution in [0.4, 0.5) is 0 Å². The second-order valence-corrected chi connectivity index (χ2v) is 5.99. The van der Waals surface area contributed by atoms with E-state index in [0.717, 1.165) is 11.1 Å². The number of carbonyl (C=O) groups is 2. The van der Waals surface area contributed by atoms with Crippen LogP contribution in [0.2, 0.25) is 0 Å². The number of ether oxygens (including phenoxy) is 2. The predicted octanol–water partition coefficient (Wildman–Crippen LogP) is 2.39. The molecule has 2 aromatic carbocycles. The Labute approximate surface area is 156 Å². The van der Waals surface area contributed by atoms with Crippen molar-refractivity contribution in [2.24, 2.45) is 0 Å². The van der Waals surface area contributed by atoms with Crippen LogP contribution in [0.3, 0.4) is 0 Å².